The van der Waals surface area contributed by atoms with Crippen molar-refractivity contribution in [2.24, 2.45) is 0 Å². The van der Waals surface area contributed by atoms with Gasteiger partial charge < -0.3 is 9.84 Å². The van der Waals surface area contributed by atoms with E-state index in [2.05, 4.69) is 29.3 Å². The average molecular weight is 251 g/mol. The van der Waals surface area contributed by atoms with E-state index in [4.69, 9.17) is 4.52 Å². The summed E-state index contributed by atoms with van der Waals surface area (Å²) in [5.41, 5.74) is 1.03. The quantitative estimate of drug-likeness (QED) is 0.802. The van der Waals surface area contributed by atoms with Crippen LogP contribution >= 0.6 is 11.3 Å². The predicted molar refractivity (Wildman–Crippen MR) is 69.1 cm³/mol. The number of nitrogens with zero attached hydrogens (tertiary/aromatic N) is 2. The van der Waals surface area contributed by atoms with Gasteiger partial charge in [0.05, 0.1) is 0 Å². The first kappa shape index (κ1) is 12.3. The Morgan fingerprint density at radius 2 is 2.35 bits per heavy atom. The fraction of sp³-hybridized carbons (Fsp3) is 0.500. The molecule has 2 heterocycles. The highest BCUT2D eigenvalue weighted by Crippen LogP contribution is 2.18. The summed E-state index contributed by atoms with van der Waals surface area (Å²) in [6, 6.07) is 2.53. The van der Waals surface area contributed by atoms with Crippen LogP contribution in [0.15, 0.2) is 21.3 Å². The molecule has 0 saturated carbocycles. The van der Waals surface area contributed by atoms with Crippen LogP contribution in [0.3, 0.4) is 0 Å². The second-order valence-corrected chi connectivity index (χ2v) is 5.02. The van der Waals surface area contributed by atoms with Crippen LogP contribution in [0.1, 0.15) is 26.2 Å². The van der Waals surface area contributed by atoms with Crippen molar-refractivity contribution in [2.75, 3.05) is 6.54 Å². The van der Waals surface area contributed by atoms with Crippen molar-refractivity contribution < 1.29 is 4.52 Å². The summed E-state index contributed by atoms with van der Waals surface area (Å²) in [6.07, 6.45) is 1.85. The molecular weight excluding hydrogens is 234 g/mol. The average Bonchev–Trinajstić information content (AvgIpc) is 2.94. The van der Waals surface area contributed by atoms with Crippen LogP contribution in [0.4, 0.5) is 0 Å². The molecule has 0 spiro atoms. The van der Waals surface area contributed by atoms with E-state index in [0.717, 1.165) is 30.8 Å². The molecule has 1 N–H and O–H groups in total. The van der Waals surface area contributed by atoms with E-state index in [1.165, 1.54) is 0 Å². The molecule has 0 amide bonds. The minimum absolute atomic E-state index is 0.527. The molecule has 0 unspecified atom stereocenters. The van der Waals surface area contributed by atoms with Gasteiger partial charge >= 0.3 is 0 Å². The van der Waals surface area contributed by atoms with Crippen LogP contribution < -0.4 is 5.32 Å². The van der Waals surface area contributed by atoms with Crippen molar-refractivity contribution in [2.45, 2.75) is 32.7 Å². The summed E-state index contributed by atoms with van der Waals surface area (Å²) in [6.45, 7) is 5.26. The first-order valence-corrected chi connectivity index (χ1v) is 6.78. The molecule has 2 aromatic rings. The number of hydrogen-bond donors (Lipinski definition) is 1. The zero-order valence-corrected chi connectivity index (χ0v) is 11.0. The van der Waals surface area contributed by atoms with Crippen LogP contribution in [-0.2, 0) is 6.42 Å². The van der Waals surface area contributed by atoms with Crippen molar-refractivity contribution in [3.63, 3.8) is 0 Å². The maximum atomic E-state index is 5.21. The Bertz CT molecular complexity index is 436. The van der Waals surface area contributed by atoms with E-state index >= 15 is 0 Å². The van der Waals surface area contributed by atoms with Gasteiger partial charge in [-0.3, -0.25) is 0 Å². The minimum Gasteiger partial charge on any atom is -0.339 e. The second kappa shape index (κ2) is 5.93. The third-order valence-corrected chi connectivity index (χ3v) is 3.05. The lowest BCUT2D eigenvalue weighted by Crippen LogP contribution is -2.23. The molecule has 0 radical (unpaired) electrons. The summed E-state index contributed by atoms with van der Waals surface area (Å²) in [5, 5.41) is 11.4. The molecule has 5 heteroatoms. The highest BCUT2D eigenvalue weighted by atomic mass is 32.1. The Hall–Kier alpha value is -1.20. The third-order valence-electron chi connectivity index (χ3n) is 2.37. The summed E-state index contributed by atoms with van der Waals surface area (Å²) in [5.74, 6) is 1.41. The largest absolute Gasteiger partial charge is 0.339 e. The highest BCUT2D eigenvalue weighted by molar-refractivity contribution is 7.08. The van der Waals surface area contributed by atoms with Crippen LogP contribution in [0, 0.1) is 0 Å². The van der Waals surface area contributed by atoms with E-state index in [9.17, 15) is 0 Å². The van der Waals surface area contributed by atoms with Crippen molar-refractivity contribution in [3.05, 3.63) is 22.7 Å². The summed E-state index contributed by atoms with van der Waals surface area (Å²) in [4.78, 5) is 4.37. The maximum Gasteiger partial charge on any atom is 0.227 e. The van der Waals surface area contributed by atoms with Crippen LogP contribution in [-0.4, -0.2) is 22.7 Å². The number of aryl methyl sites for hydroxylation is 1. The lowest BCUT2D eigenvalue weighted by atomic mass is 10.3. The maximum absolute atomic E-state index is 5.21. The number of thiophene rings is 1. The fourth-order valence-electron chi connectivity index (χ4n) is 1.50. The molecule has 0 aliphatic carbocycles. The molecule has 2 aromatic heterocycles. The smallest absolute Gasteiger partial charge is 0.227 e. The Kier molecular flexibility index (Phi) is 4.28. The first-order valence-electron chi connectivity index (χ1n) is 5.84. The number of hydrogen-bond acceptors (Lipinski definition) is 5. The number of aromatic nitrogens is 2. The van der Waals surface area contributed by atoms with Crippen molar-refractivity contribution in [1.29, 1.82) is 0 Å². The van der Waals surface area contributed by atoms with E-state index in [1.54, 1.807) is 11.3 Å². The van der Waals surface area contributed by atoms with E-state index in [0.29, 0.717) is 11.9 Å². The minimum atomic E-state index is 0.527. The predicted octanol–water partition coefficient (Wildman–Crippen LogP) is 2.73. The second-order valence-electron chi connectivity index (χ2n) is 4.24. The van der Waals surface area contributed by atoms with Gasteiger partial charge in [0, 0.05) is 23.4 Å². The first-order chi connectivity index (χ1) is 8.25. The highest BCUT2D eigenvalue weighted by Gasteiger charge is 2.08. The molecule has 0 saturated heterocycles. The van der Waals surface area contributed by atoms with Crippen LogP contribution in [0.2, 0.25) is 0 Å². The van der Waals surface area contributed by atoms with Gasteiger partial charge in [-0.25, -0.2) is 0 Å². The summed E-state index contributed by atoms with van der Waals surface area (Å²) in [7, 11) is 0. The zero-order chi connectivity index (χ0) is 12.1. The van der Waals surface area contributed by atoms with Gasteiger partial charge in [0.1, 0.15) is 0 Å². The monoisotopic (exact) mass is 251 g/mol. The molecule has 0 fully saturated rings. The Balaban J connectivity index is 1.83. The zero-order valence-electron chi connectivity index (χ0n) is 10.1. The Morgan fingerprint density at radius 3 is 3.06 bits per heavy atom. The molecule has 2 rings (SSSR count). The van der Waals surface area contributed by atoms with Gasteiger partial charge in [-0.05, 0) is 24.4 Å². The fourth-order valence-corrected chi connectivity index (χ4v) is 2.13. The van der Waals surface area contributed by atoms with Crippen molar-refractivity contribution >= 4 is 11.3 Å². The van der Waals surface area contributed by atoms with Gasteiger partial charge in [-0.1, -0.05) is 19.0 Å². The lowest BCUT2D eigenvalue weighted by molar-refractivity contribution is 0.374. The molecular formula is C12H17N3OS. The van der Waals surface area contributed by atoms with Crippen molar-refractivity contribution in [1.82, 2.24) is 15.5 Å². The summed E-state index contributed by atoms with van der Waals surface area (Å²) < 4.78 is 5.21. The number of rotatable bonds is 6. The van der Waals surface area contributed by atoms with Gasteiger partial charge in [-0.2, -0.15) is 16.3 Å². The lowest BCUT2D eigenvalue weighted by Gasteiger charge is -2.05. The SMILES string of the molecule is CC(C)NCCCc1nc(-c2ccsc2)no1. The van der Waals surface area contributed by atoms with Gasteiger partial charge in [0.25, 0.3) is 0 Å². The Morgan fingerprint density at radius 1 is 1.47 bits per heavy atom. The topological polar surface area (TPSA) is 51.0 Å². The third kappa shape index (κ3) is 3.64. The standard InChI is InChI=1S/C12H17N3OS/c1-9(2)13-6-3-4-11-14-12(15-16-11)10-5-7-17-8-10/h5,7-9,13H,3-4,6H2,1-2H3. The normalized spacial score (nSPS) is 11.2. The van der Waals surface area contributed by atoms with Gasteiger partial charge in [0.2, 0.25) is 11.7 Å². The molecule has 0 aromatic carbocycles. The molecule has 0 aliphatic heterocycles. The molecule has 0 bridgehead atoms. The molecule has 0 atom stereocenters. The Labute approximate surface area is 105 Å². The molecule has 17 heavy (non-hydrogen) atoms. The summed E-state index contributed by atoms with van der Waals surface area (Å²) >= 11 is 1.64. The van der Waals surface area contributed by atoms with Gasteiger partial charge in [-0.15, -0.1) is 0 Å². The molecule has 4 nitrogen and oxygen atoms in total. The van der Waals surface area contributed by atoms with Crippen LogP contribution in [0.25, 0.3) is 11.4 Å². The molecule has 92 valence electrons. The van der Waals surface area contributed by atoms with Crippen molar-refractivity contribution in [3.8, 4) is 11.4 Å². The molecule has 0 aliphatic rings. The van der Waals surface area contributed by atoms with E-state index in [-0.39, 0.29) is 0 Å². The van der Waals surface area contributed by atoms with Crippen LogP contribution in [0.5, 0.6) is 0 Å². The van der Waals surface area contributed by atoms with E-state index in [1.807, 2.05) is 16.8 Å². The van der Waals surface area contributed by atoms with Gasteiger partial charge in [0.15, 0.2) is 0 Å². The van der Waals surface area contributed by atoms with E-state index < -0.39 is 0 Å². The number of nitrogens with one attached hydrogen (secondary N) is 1.